The number of rotatable bonds is 7. The highest BCUT2D eigenvalue weighted by Gasteiger charge is 2.38. The molecule has 1 heterocycles. The van der Waals surface area contributed by atoms with Crippen molar-refractivity contribution in [3.8, 4) is 5.75 Å². The van der Waals surface area contributed by atoms with Crippen LogP contribution >= 0.6 is 11.6 Å². The van der Waals surface area contributed by atoms with E-state index < -0.39 is 17.8 Å². The maximum atomic E-state index is 13.1. The molecule has 0 aliphatic carbocycles. The summed E-state index contributed by atoms with van der Waals surface area (Å²) in [5.74, 6) is 0.539. The van der Waals surface area contributed by atoms with Gasteiger partial charge in [0.05, 0.1) is 18.8 Å². The van der Waals surface area contributed by atoms with E-state index in [0.717, 1.165) is 16.8 Å². The Balaban J connectivity index is 1.76. The van der Waals surface area contributed by atoms with Crippen LogP contribution in [0.25, 0.3) is 0 Å². The first kappa shape index (κ1) is 31.2. The quantitative estimate of drug-likeness (QED) is 0.383. The Kier molecular flexibility index (Phi) is 9.72. The summed E-state index contributed by atoms with van der Waals surface area (Å²) in [4.78, 5) is 30.4. The van der Waals surface area contributed by atoms with E-state index in [0.29, 0.717) is 55.6 Å². The molecule has 0 radical (unpaired) electrons. The maximum absolute atomic E-state index is 13.1. The van der Waals surface area contributed by atoms with Crippen LogP contribution in [0.5, 0.6) is 5.75 Å². The molecule has 10 heteroatoms. The number of hydrogen-bond donors (Lipinski definition) is 2. The van der Waals surface area contributed by atoms with Gasteiger partial charge >= 0.3 is 12.2 Å². The molecule has 1 unspecified atom stereocenters. The number of nitrogen functional groups attached to an aromatic ring is 1. The fourth-order valence-electron chi connectivity index (χ4n) is 4.82. The number of hydrogen-bond acceptors (Lipinski definition) is 6. The lowest BCUT2D eigenvalue weighted by Crippen LogP contribution is -2.59. The number of methoxy groups -OCH3 is 1. The average Bonchev–Trinajstić information content (AvgIpc) is 2.85. The molecule has 0 aromatic heterocycles. The summed E-state index contributed by atoms with van der Waals surface area (Å²) in [5, 5.41) is 10.2. The predicted octanol–water partition coefficient (Wildman–Crippen LogP) is 6.13. The molecule has 0 saturated carbocycles. The van der Waals surface area contributed by atoms with Gasteiger partial charge in [-0.25, -0.2) is 9.59 Å². The van der Waals surface area contributed by atoms with Crippen molar-refractivity contribution in [3.63, 3.8) is 0 Å². The normalized spacial score (nSPS) is 16.1. The van der Waals surface area contributed by atoms with E-state index in [1.807, 2.05) is 45.0 Å². The lowest BCUT2D eigenvalue weighted by atomic mass is 9.84. The molecule has 1 saturated heterocycles. The number of carbonyl (C=O) groups is 2. The number of anilines is 2. The Morgan fingerprint density at radius 2 is 1.75 bits per heavy atom. The number of carbonyl (C=O) groups excluding carboxylic acids is 1. The van der Waals surface area contributed by atoms with Crippen LogP contribution in [0.3, 0.4) is 0 Å². The molecule has 2 aromatic carbocycles. The predicted molar refractivity (Wildman–Crippen MR) is 159 cm³/mol. The van der Waals surface area contributed by atoms with Crippen LogP contribution in [0.2, 0.25) is 5.02 Å². The summed E-state index contributed by atoms with van der Waals surface area (Å²) < 4.78 is 11.0. The minimum atomic E-state index is -0.879. The molecule has 3 rings (SSSR count). The van der Waals surface area contributed by atoms with Gasteiger partial charge in [0.2, 0.25) is 0 Å². The zero-order valence-corrected chi connectivity index (χ0v) is 25.4. The standard InChI is InChI=1S/C30H43ClN4O5/c1-29(2,3)26-19-33(14-15-35(26)27(36)37)22-10-8-20(9-11-22)18-34(28(38)40-30(4,5)6)13-12-21-16-25(39-7)24(32)17-23(21)31/h8-11,16-17,26H,12-15,18-19,32H2,1-7H3,(H,36,37). The largest absolute Gasteiger partial charge is 0.495 e. The number of ether oxygens (including phenoxy) is 2. The second kappa shape index (κ2) is 12.5. The highest BCUT2D eigenvalue weighted by molar-refractivity contribution is 6.31. The number of piperazine rings is 1. The summed E-state index contributed by atoms with van der Waals surface area (Å²) in [6.45, 7) is 14.2. The zero-order valence-electron chi connectivity index (χ0n) is 24.7. The van der Waals surface area contributed by atoms with Crippen molar-refractivity contribution in [3.05, 3.63) is 52.5 Å². The molecule has 220 valence electrons. The van der Waals surface area contributed by atoms with Gasteiger partial charge in [-0.3, -0.25) is 0 Å². The molecule has 2 aromatic rings. The minimum Gasteiger partial charge on any atom is -0.495 e. The lowest BCUT2D eigenvalue weighted by molar-refractivity contribution is 0.0235. The molecule has 1 aliphatic heterocycles. The van der Waals surface area contributed by atoms with Crippen molar-refractivity contribution in [1.82, 2.24) is 9.80 Å². The second-order valence-corrected chi connectivity index (χ2v) is 12.7. The van der Waals surface area contributed by atoms with E-state index in [9.17, 15) is 14.7 Å². The van der Waals surface area contributed by atoms with Crippen LogP contribution in [0.15, 0.2) is 36.4 Å². The SMILES string of the molecule is COc1cc(CCN(Cc2ccc(N3CCN(C(=O)O)C(C(C)(C)C)C3)cc2)C(=O)OC(C)(C)C)c(Cl)cc1N. The van der Waals surface area contributed by atoms with Gasteiger partial charge in [0.1, 0.15) is 11.4 Å². The van der Waals surface area contributed by atoms with Crippen LogP contribution in [0.4, 0.5) is 21.0 Å². The summed E-state index contributed by atoms with van der Waals surface area (Å²) in [5.41, 5.74) is 8.39. The Morgan fingerprint density at radius 3 is 2.30 bits per heavy atom. The molecule has 1 fully saturated rings. The van der Waals surface area contributed by atoms with Gasteiger partial charge in [-0.15, -0.1) is 0 Å². The molecule has 40 heavy (non-hydrogen) atoms. The molecule has 2 amide bonds. The van der Waals surface area contributed by atoms with Crippen molar-refractivity contribution in [1.29, 1.82) is 0 Å². The Morgan fingerprint density at radius 1 is 1.10 bits per heavy atom. The first-order valence-electron chi connectivity index (χ1n) is 13.5. The van der Waals surface area contributed by atoms with E-state index >= 15 is 0 Å². The minimum absolute atomic E-state index is 0.125. The first-order valence-corrected chi connectivity index (χ1v) is 13.9. The average molecular weight is 575 g/mol. The third-order valence-electron chi connectivity index (χ3n) is 7.00. The van der Waals surface area contributed by atoms with Gasteiger partial charge in [-0.05, 0) is 68.0 Å². The highest BCUT2D eigenvalue weighted by Crippen LogP contribution is 2.31. The van der Waals surface area contributed by atoms with E-state index in [1.165, 1.54) is 0 Å². The number of benzene rings is 2. The summed E-state index contributed by atoms with van der Waals surface area (Å²) in [6, 6.07) is 11.4. The highest BCUT2D eigenvalue weighted by atomic mass is 35.5. The summed E-state index contributed by atoms with van der Waals surface area (Å²) >= 11 is 6.43. The Labute approximate surface area is 242 Å². The molecule has 3 N–H and O–H groups in total. The third kappa shape index (κ3) is 8.10. The van der Waals surface area contributed by atoms with Gasteiger partial charge in [0, 0.05) is 43.4 Å². The van der Waals surface area contributed by atoms with Gasteiger partial charge < -0.3 is 35.0 Å². The maximum Gasteiger partial charge on any atom is 0.410 e. The molecule has 1 atom stereocenters. The summed E-state index contributed by atoms with van der Waals surface area (Å²) in [7, 11) is 1.55. The number of nitrogens with zero attached hydrogens (tertiary/aromatic N) is 3. The Hall–Kier alpha value is -3.33. The smallest absolute Gasteiger partial charge is 0.410 e. The monoisotopic (exact) mass is 574 g/mol. The molecule has 0 spiro atoms. The lowest BCUT2D eigenvalue weighted by Gasteiger charge is -2.46. The Bertz CT molecular complexity index is 1190. The van der Waals surface area contributed by atoms with E-state index in [1.54, 1.807) is 29.0 Å². The van der Waals surface area contributed by atoms with Crippen molar-refractivity contribution in [2.24, 2.45) is 5.41 Å². The molecular weight excluding hydrogens is 532 g/mol. The number of carboxylic acid groups (broad SMARTS) is 1. The molecule has 1 aliphatic rings. The van der Waals surface area contributed by atoms with E-state index in [2.05, 4.69) is 25.7 Å². The molecule has 0 bridgehead atoms. The topological polar surface area (TPSA) is 109 Å². The van der Waals surface area contributed by atoms with Gasteiger partial charge in [-0.2, -0.15) is 0 Å². The van der Waals surface area contributed by atoms with Crippen LogP contribution in [0, 0.1) is 5.41 Å². The van der Waals surface area contributed by atoms with E-state index in [4.69, 9.17) is 26.8 Å². The van der Waals surface area contributed by atoms with Gasteiger partial charge in [0.15, 0.2) is 0 Å². The number of amides is 2. The zero-order chi connectivity index (χ0) is 29.8. The van der Waals surface area contributed by atoms with Crippen molar-refractivity contribution >= 4 is 35.2 Å². The van der Waals surface area contributed by atoms with Crippen LogP contribution in [-0.4, -0.2) is 72.0 Å². The second-order valence-electron chi connectivity index (χ2n) is 12.3. The van der Waals surface area contributed by atoms with Crippen LogP contribution in [-0.2, 0) is 17.7 Å². The van der Waals surface area contributed by atoms with E-state index in [-0.39, 0.29) is 11.5 Å². The van der Waals surface area contributed by atoms with Crippen LogP contribution in [0.1, 0.15) is 52.7 Å². The van der Waals surface area contributed by atoms with Gasteiger partial charge in [-0.1, -0.05) is 44.5 Å². The number of halogens is 1. The number of nitrogens with two attached hydrogens (primary N) is 1. The fraction of sp³-hybridized carbons (Fsp3) is 0.533. The summed E-state index contributed by atoms with van der Waals surface area (Å²) in [6.07, 6.45) is -0.793. The fourth-order valence-corrected chi connectivity index (χ4v) is 5.08. The van der Waals surface area contributed by atoms with Crippen molar-refractivity contribution in [2.75, 3.05) is 43.9 Å². The molecule has 9 nitrogen and oxygen atoms in total. The van der Waals surface area contributed by atoms with Gasteiger partial charge in [0.25, 0.3) is 0 Å². The molecular formula is C30H43ClN4O5. The van der Waals surface area contributed by atoms with Crippen molar-refractivity contribution in [2.45, 2.75) is 66.2 Å². The van der Waals surface area contributed by atoms with Crippen LogP contribution < -0.4 is 15.4 Å². The van der Waals surface area contributed by atoms with Crippen molar-refractivity contribution < 1.29 is 24.2 Å². The third-order valence-corrected chi connectivity index (χ3v) is 7.35. The first-order chi connectivity index (χ1) is 18.6.